The smallest absolute Gasteiger partial charge is 0.191 e. The first-order valence-corrected chi connectivity index (χ1v) is 7.83. The van der Waals surface area contributed by atoms with Gasteiger partial charge in [-0.1, -0.05) is 12.1 Å². The summed E-state index contributed by atoms with van der Waals surface area (Å²) in [5, 5.41) is 6.62. The van der Waals surface area contributed by atoms with Crippen LogP contribution >= 0.6 is 24.0 Å². The second kappa shape index (κ2) is 11.5. The van der Waals surface area contributed by atoms with E-state index in [0.717, 1.165) is 18.3 Å². The number of aliphatic imine (C=N–C) groups is 1. The van der Waals surface area contributed by atoms with E-state index in [-0.39, 0.29) is 30.0 Å². The molecule has 0 spiro atoms. The van der Waals surface area contributed by atoms with E-state index in [9.17, 15) is 0 Å². The summed E-state index contributed by atoms with van der Waals surface area (Å²) in [5.74, 6) is 1.73. The number of benzene rings is 1. The van der Waals surface area contributed by atoms with E-state index in [0.29, 0.717) is 12.6 Å². The van der Waals surface area contributed by atoms with Gasteiger partial charge in [0.05, 0.1) is 19.7 Å². The molecule has 1 rings (SSSR count). The van der Waals surface area contributed by atoms with Crippen LogP contribution in [0.15, 0.2) is 29.3 Å². The molecule has 1 aromatic carbocycles. The summed E-state index contributed by atoms with van der Waals surface area (Å²) in [6, 6.07) is 8.73. The molecule has 0 bridgehead atoms. The van der Waals surface area contributed by atoms with Gasteiger partial charge in [-0.05, 0) is 52.6 Å². The van der Waals surface area contributed by atoms with Gasteiger partial charge in [-0.3, -0.25) is 4.99 Å². The predicted molar refractivity (Wildman–Crippen MR) is 109 cm³/mol. The van der Waals surface area contributed by atoms with E-state index in [1.54, 1.807) is 7.11 Å². The van der Waals surface area contributed by atoms with Gasteiger partial charge in [0.15, 0.2) is 5.96 Å². The lowest BCUT2D eigenvalue weighted by atomic mass is 10.1. The lowest BCUT2D eigenvalue weighted by molar-refractivity contribution is 0.305. The van der Waals surface area contributed by atoms with Crippen molar-refractivity contribution in [3.63, 3.8) is 0 Å². The molecule has 0 radical (unpaired) electrons. The van der Waals surface area contributed by atoms with Crippen molar-refractivity contribution in [1.82, 2.24) is 15.5 Å². The summed E-state index contributed by atoms with van der Waals surface area (Å²) in [4.78, 5) is 6.90. The Labute approximate surface area is 157 Å². The molecular weight excluding hydrogens is 403 g/mol. The third kappa shape index (κ3) is 7.87. The Morgan fingerprint density at radius 2 is 2.00 bits per heavy atom. The average molecular weight is 434 g/mol. The molecule has 5 nitrogen and oxygen atoms in total. The second-order valence-electron chi connectivity index (χ2n) is 5.77. The van der Waals surface area contributed by atoms with Gasteiger partial charge in [-0.2, -0.15) is 0 Å². The number of nitrogens with zero attached hydrogens (tertiary/aromatic N) is 2. The van der Waals surface area contributed by atoms with E-state index in [4.69, 9.17) is 9.73 Å². The quantitative estimate of drug-likeness (QED) is 0.394. The maximum Gasteiger partial charge on any atom is 0.191 e. The first-order valence-electron chi connectivity index (χ1n) is 7.83. The zero-order valence-electron chi connectivity index (χ0n) is 15.1. The van der Waals surface area contributed by atoms with Crippen molar-refractivity contribution in [2.45, 2.75) is 32.9 Å². The topological polar surface area (TPSA) is 48.9 Å². The maximum atomic E-state index is 5.32. The van der Waals surface area contributed by atoms with Crippen LogP contribution in [0.25, 0.3) is 0 Å². The van der Waals surface area contributed by atoms with E-state index >= 15 is 0 Å². The zero-order valence-corrected chi connectivity index (χ0v) is 17.4. The molecule has 0 saturated heterocycles. The van der Waals surface area contributed by atoms with Gasteiger partial charge in [-0.15, -0.1) is 24.0 Å². The molecule has 0 saturated carbocycles. The Morgan fingerprint density at radius 3 is 2.52 bits per heavy atom. The van der Waals surface area contributed by atoms with Crippen molar-refractivity contribution in [2.24, 2.45) is 4.99 Å². The van der Waals surface area contributed by atoms with Crippen LogP contribution in [-0.2, 0) is 0 Å². The van der Waals surface area contributed by atoms with Gasteiger partial charge in [0.25, 0.3) is 0 Å². The normalized spacial score (nSPS) is 12.8. The highest BCUT2D eigenvalue weighted by Crippen LogP contribution is 2.22. The molecule has 1 atom stereocenters. The average Bonchev–Trinajstić information content (AvgIpc) is 2.47. The predicted octanol–water partition coefficient (Wildman–Crippen LogP) is 2.88. The fourth-order valence-electron chi connectivity index (χ4n) is 2.19. The Hall–Kier alpha value is -1.02. The van der Waals surface area contributed by atoms with Crippen LogP contribution in [0.3, 0.4) is 0 Å². The molecule has 0 heterocycles. The number of methoxy groups -OCH3 is 1. The summed E-state index contributed by atoms with van der Waals surface area (Å²) in [7, 11) is 5.84. The Balaban J connectivity index is 0.00000484. The number of halogens is 1. The van der Waals surface area contributed by atoms with Crippen molar-refractivity contribution >= 4 is 29.9 Å². The molecule has 0 aliphatic rings. The van der Waals surface area contributed by atoms with Crippen molar-refractivity contribution in [3.05, 3.63) is 29.8 Å². The summed E-state index contributed by atoms with van der Waals surface area (Å²) in [5.41, 5.74) is 1.20. The summed E-state index contributed by atoms with van der Waals surface area (Å²) >= 11 is 0. The highest BCUT2D eigenvalue weighted by Gasteiger charge is 2.15. The van der Waals surface area contributed by atoms with Gasteiger partial charge < -0.3 is 20.3 Å². The summed E-state index contributed by atoms with van der Waals surface area (Å²) in [6.45, 7) is 7.83. The van der Waals surface area contributed by atoms with E-state index in [2.05, 4.69) is 62.5 Å². The Bertz CT molecular complexity index is 477. The van der Waals surface area contributed by atoms with Gasteiger partial charge in [0.2, 0.25) is 0 Å². The van der Waals surface area contributed by atoms with Crippen molar-refractivity contribution < 1.29 is 4.74 Å². The largest absolute Gasteiger partial charge is 0.497 e. The molecule has 6 heteroatoms. The number of nitrogens with one attached hydrogen (secondary N) is 2. The molecule has 1 unspecified atom stereocenters. The molecule has 0 amide bonds. The van der Waals surface area contributed by atoms with Crippen LogP contribution in [-0.4, -0.2) is 51.2 Å². The number of likely N-dealkylation sites (N-methyl/N-ethyl adjacent to an activating group) is 1. The fraction of sp³-hybridized carbons (Fsp3) is 0.588. The van der Waals surface area contributed by atoms with Crippen molar-refractivity contribution in [2.75, 3.05) is 34.3 Å². The molecule has 1 aromatic rings. The van der Waals surface area contributed by atoms with Crippen molar-refractivity contribution in [3.8, 4) is 5.75 Å². The first-order chi connectivity index (χ1) is 10.5. The summed E-state index contributed by atoms with van der Waals surface area (Å²) in [6.07, 6.45) is 0. The number of hydrogen-bond donors (Lipinski definition) is 2. The second-order valence-corrected chi connectivity index (χ2v) is 5.77. The third-order valence-corrected chi connectivity index (χ3v) is 3.29. The highest BCUT2D eigenvalue weighted by atomic mass is 127. The van der Waals surface area contributed by atoms with Crippen LogP contribution in [0.4, 0.5) is 0 Å². The molecule has 2 N–H and O–H groups in total. The minimum atomic E-state index is 0. The summed E-state index contributed by atoms with van der Waals surface area (Å²) < 4.78 is 5.32. The Kier molecular flexibility index (Phi) is 11.0. The van der Waals surface area contributed by atoms with Crippen molar-refractivity contribution in [1.29, 1.82) is 0 Å². The number of rotatable bonds is 7. The van der Waals surface area contributed by atoms with Gasteiger partial charge >= 0.3 is 0 Å². The van der Waals surface area contributed by atoms with E-state index in [1.165, 1.54) is 5.56 Å². The molecule has 0 aliphatic heterocycles. The highest BCUT2D eigenvalue weighted by molar-refractivity contribution is 14.0. The molecule has 23 heavy (non-hydrogen) atoms. The first kappa shape index (κ1) is 22.0. The molecule has 0 aromatic heterocycles. The number of ether oxygens (including phenoxy) is 1. The molecule has 0 fully saturated rings. The van der Waals surface area contributed by atoms with E-state index < -0.39 is 0 Å². The molecule has 0 aliphatic carbocycles. The minimum Gasteiger partial charge on any atom is -0.497 e. The van der Waals surface area contributed by atoms with Crippen LogP contribution < -0.4 is 15.4 Å². The van der Waals surface area contributed by atoms with E-state index in [1.807, 2.05) is 12.1 Å². The number of hydrogen-bond acceptors (Lipinski definition) is 3. The zero-order chi connectivity index (χ0) is 16.5. The lowest BCUT2D eigenvalue weighted by Crippen LogP contribution is -2.41. The van der Waals surface area contributed by atoms with Crippen LogP contribution in [0, 0.1) is 0 Å². The van der Waals surface area contributed by atoms with Gasteiger partial charge in [-0.25, -0.2) is 0 Å². The number of guanidine groups is 1. The van der Waals surface area contributed by atoms with Gasteiger partial charge in [0, 0.05) is 12.6 Å². The fourth-order valence-corrected chi connectivity index (χ4v) is 2.19. The van der Waals surface area contributed by atoms with Crippen LogP contribution in [0.2, 0.25) is 0 Å². The molecular formula is C17H31IN4O. The third-order valence-electron chi connectivity index (χ3n) is 3.29. The SMILES string of the molecule is CCNC(=NCC(c1cccc(OC)c1)N(C)C)NC(C)C.I. The minimum absolute atomic E-state index is 0. The maximum absolute atomic E-state index is 5.32. The van der Waals surface area contributed by atoms with Crippen LogP contribution in [0.5, 0.6) is 5.75 Å². The Morgan fingerprint density at radius 1 is 1.30 bits per heavy atom. The standard InChI is InChI=1S/C17H30N4O.HI/c1-7-18-17(20-13(2)3)19-12-16(21(4)5)14-9-8-10-15(11-14)22-6;/h8-11,13,16H,7,12H2,1-6H3,(H2,18,19,20);1H. The van der Waals surface area contributed by atoms with Gasteiger partial charge in [0.1, 0.15) is 5.75 Å². The van der Waals surface area contributed by atoms with Crippen LogP contribution in [0.1, 0.15) is 32.4 Å². The monoisotopic (exact) mass is 434 g/mol. The molecule has 132 valence electrons. The lowest BCUT2D eigenvalue weighted by Gasteiger charge is -2.24.